The van der Waals surface area contributed by atoms with Crippen LogP contribution in [0.3, 0.4) is 0 Å². The molecule has 2 saturated heterocycles. The van der Waals surface area contributed by atoms with E-state index in [1.807, 2.05) is 13.8 Å². The van der Waals surface area contributed by atoms with Crippen LogP contribution in [-0.4, -0.2) is 60.4 Å². The number of anilines is 2. The average molecular weight is 404 g/mol. The molecule has 0 spiro atoms. The van der Waals surface area contributed by atoms with Crippen LogP contribution < -0.4 is 10.2 Å². The number of hydrogen-bond acceptors (Lipinski definition) is 3. The number of carbonyl (C=O) groups excluding carboxylic acids is 3. The van der Waals surface area contributed by atoms with Gasteiger partial charge < -0.3 is 20.0 Å². The fraction of sp³-hybridized carbons (Fsp3) is 0.571. The first-order valence-corrected chi connectivity index (χ1v) is 10.4. The number of rotatable bonds is 5. The number of nitrogens with one attached hydrogen (secondary N) is 1. The van der Waals surface area contributed by atoms with Crippen molar-refractivity contribution in [3.8, 4) is 0 Å². The van der Waals surface area contributed by atoms with Gasteiger partial charge in [-0.25, -0.2) is 9.18 Å². The van der Waals surface area contributed by atoms with Crippen LogP contribution in [0.2, 0.25) is 0 Å². The molecule has 0 radical (unpaired) electrons. The second-order valence-electron chi connectivity index (χ2n) is 7.52. The Kier molecular flexibility index (Phi) is 6.71. The summed E-state index contributed by atoms with van der Waals surface area (Å²) >= 11 is 0. The first-order chi connectivity index (χ1) is 13.9. The standard InChI is InChI=1S/C21H29FN4O3/c1-3-24(4-2)21(29)25-12-9-15(10-13-25)20(28)23-16-7-8-18(17(22)14-16)26-11-5-6-19(26)27/h7-8,14-15H,3-6,9-13H2,1-2H3,(H,23,28). The van der Waals surface area contributed by atoms with E-state index in [4.69, 9.17) is 0 Å². The molecule has 0 saturated carbocycles. The topological polar surface area (TPSA) is 73.0 Å². The maximum absolute atomic E-state index is 14.5. The highest BCUT2D eigenvalue weighted by atomic mass is 19.1. The van der Waals surface area contributed by atoms with Crippen LogP contribution in [0.5, 0.6) is 0 Å². The Balaban J connectivity index is 1.55. The summed E-state index contributed by atoms with van der Waals surface area (Å²) in [6.45, 7) is 6.83. The van der Waals surface area contributed by atoms with Crippen molar-refractivity contribution in [2.24, 2.45) is 5.92 Å². The van der Waals surface area contributed by atoms with Gasteiger partial charge in [-0.3, -0.25) is 9.59 Å². The van der Waals surface area contributed by atoms with Gasteiger partial charge in [0.05, 0.1) is 5.69 Å². The predicted octanol–water partition coefficient (Wildman–Crippen LogP) is 3.06. The predicted molar refractivity (Wildman–Crippen MR) is 109 cm³/mol. The summed E-state index contributed by atoms with van der Waals surface area (Å²) in [6.07, 6.45) is 2.34. The lowest BCUT2D eigenvalue weighted by Crippen LogP contribution is -2.47. The first kappa shape index (κ1) is 21.1. The molecule has 1 aromatic carbocycles. The molecule has 8 heteroatoms. The minimum atomic E-state index is -0.516. The summed E-state index contributed by atoms with van der Waals surface area (Å²) in [7, 11) is 0. The number of halogens is 1. The first-order valence-electron chi connectivity index (χ1n) is 10.4. The van der Waals surface area contributed by atoms with Gasteiger partial charge in [-0.2, -0.15) is 0 Å². The molecule has 0 unspecified atom stereocenters. The van der Waals surface area contributed by atoms with Crippen molar-refractivity contribution in [3.05, 3.63) is 24.0 Å². The minimum absolute atomic E-state index is 0.0166. The zero-order valence-corrected chi connectivity index (χ0v) is 17.1. The van der Waals surface area contributed by atoms with E-state index in [1.165, 1.54) is 11.0 Å². The van der Waals surface area contributed by atoms with Gasteiger partial charge in [0.1, 0.15) is 5.82 Å². The van der Waals surface area contributed by atoms with Crippen molar-refractivity contribution in [3.63, 3.8) is 0 Å². The summed E-state index contributed by atoms with van der Waals surface area (Å²) < 4.78 is 14.5. The molecule has 29 heavy (non-hydrogen) atoms. The van der Waals surface area contributed by atoms with Crippen LogP contribution in [0, 0.1) is 11.7 Å². The Bertz CT molecular complexity index is 773. The van der Waals surface area contributed by atoms with E-state index in [0.29, 0.717) is 57.7 Å². The molecule has 0 aromatic heterocycles. The minimum Gasteiger partial charge on any atom is -0.326 e. The van der Waals surface area contributed by atoms with E-state index in [9.17, 15) is 18.8 Å². The largest absolute Gasteiger partial charge is 0.326 e. The van der Waals surface area contributed by atoms with Gasteiger partial charge in [-0.1, -0.05) is 0 Å². The van der Waals surface area contributed by atoms with E-state index < -0.39 is 5.82 Å². The average Bonchev–Trinajstić information content (AvgIpc) is 3.14. The molecular formula is C21H29FN4O3. The number of piperidine rings is 1. The van der Waals surface area contributed by atoms with Crippen LogP contribution in [0.25, 0.3) is 0 Å². The third-order valence-electron chi connectivity index (χ3n) is 5.75. The van der Waals surface area contributed by atoms with Crippen LogP contribution in [0.1, 0.15) is 39.5 Å². The molecule has 0 bridgehead atoms. The number of hydrogen-bond donors (Lipinski definition) is 1. The van der Waals surface area contributed by atoms with Gasteiger partial charge in [0.15, 0.2) is 0 Å². The summed E-state index contributed by atoms with van der Waals surface area (Å²) in [5, 5.41) is 2.77. The third-order valence-corrected chi connectivity index (χ3v) is 5.75. The maximum atomic E-state index is 14.5. The van der Waals surface area contributed by atoms with Crippen molar-refractivity contribution in [1.29, 1.82) is 0 Å². The van der Waals surface area contributed by atoms with Crippen molar-refractivity contribution in [2.75, 3.05) is 42.9 Å². The highest BCUT2D eigenvalue weighted by molar-refractivity contribution is 5.96. The fourth-order valence-corrected chi connectivity index (χ4v) is 3.98. The number of urea groups is 1. The molecular weight excluding hydrogens is 375 g/mol. The Hall–Kier alpha value is -2.64. The monoisotopic (exact) mass is 404 g/mol. The highest BCUT2D eigenvalue weighted by Crippen LogP contribution is 2.27. The molecule has 2 fully saturated rings. The number of amides is 4. The highest BCUT2D eigenvalue weighted by Gasteiger charge is 2.29. The quantitative estimate of drug-likeness (QED) is 0.820. The van der Waals surface area contributed by atoms with Crippen molar-refractivity contribution in [1.82, 2.24) is 9.80 Å². The molecule has 3 rings (SSSR count). The van der Waals surface area contributed by atoms with Gasteiger partial charge in [-0.15, -0.1) is 0 Å². The van der Waals surface area contributed by atoms with Crippen LogP contribution in [0.4, 0.5) is 20.6 Å². The van der Waals surface area contributed by atoms with Gasteiger partial charge in [-0.05, 0) is 51.3 Å². The molecule has 2 aliphatic rings. The fourth-order valence-electron chi connectivity index (χ4n) is 3.98. The smallest absolute Gasteiger partial charge is 0.319 e. The third kappa shape index (κ3) is 4.68. The van der Waals surface area contributed by atoms with E-state index in [-0.39, 0.29) is 29.5 Å². The van der Waals surface area contributed by atoms with E-state index >= 15 is 0 Å². The molecule has 2 aliphatic heterocycles. The van der Waals surface area contributed by atoms with E-state index in [0.717, 1.165) is 6.42 Å². The van der Waals surface area contributed by atoms with Crippen LogP contribution in [-0.2, 0) is 9.59 Å². The van der Waals surface area contributed by atoms with Crippen molar-refractivity contribution < 1.29 is 18.8 Å². The van der Waals surface area contributed by atoms with Crippen LogP contribution in [0.15, 0.2) is 18.2 Å². The van der Waals surface area contributed by atoms with E-state index in [1.54, 1.807) is 21.9 Å². The Morgan fingerprint density at radius 1 is 1.17 bits per heavy atom. The Morgan fingerprint density at radius 3 is 2.41 bits per heavy atom. The Morgan fingerprint density at radius 2 is 1.86 bits per heavy atom. The number of likely N-dealkylation sites (tertiary alicyclic amines) is 1. The lowest BCUT2D eigenvalue weighted by Gasteiger charge is -2.34. The summed E-state index contributed by atoms with van der Waals surface area (Å²) in [4.78, 5) is 41.8. The van der Waals surface area contributed by atoms with Gasteiger partial charge in [0.25, 0.3) is 0 Å². The number of benzene rings is 1. The van der Waals surface area contributed by atoms with Gasteiger partial charge >= 0.3 is 6.03 Å². The van der Waals surface area contributed by atoms with Crippen molar-refractivity contribution in [2.45, 2.75) is 39.5 Å². The van der Waals surface area contributed by atoms with Gasteiger partial charge in [0.2, 0.25) is 11.8 Å². The van der Waals surface area contributed by atoms with Crippen molar-refractivity contribution >= 4 is 29.2 Å². The molecule has 0 atom stereocenters. The maximum Gasteiger partial charge on any atom is 0.319 e. The lowest BCUT2D eigenvalue weighted by atomic mass is 9.96. The van der Waals surface area contributed by atoms with Crippen LogP contribution >= 0.6 is 0 Å². The Labute approximate surface area is 170 Å². The number of carbonyl (C=O) groups is 3. The molecule has 0 aliphatic carbocycles. The normalized spacial score (nSPS) is 17.6. The number of nitrogens with zero attached hydrogens (tertiary/aromatic N) is 3. The zero-order chi connectivity index (χ0) is 21.0. The molecule has 1 aromatic rings. The summed E-state index contributed by atoms with van der Waals surface area (Å²) in [6, 6.07) is 4.45. The molecule has 4 amide bonds. The molecule has 158 valence electrons. The zero-order valence-electron chi connectivity index (χ0n) is 17.1. The molecule has 1 N–H and O–H groups in total. The van der Waals surface area contributed by atoms with Gasteiger partial charge in [0, 0.05) is 50.7 Å². The summed E-state index contributed by atoms with van der Waals surface area (Å²) in [5.74, 6) is -0.965. The molecule has 7 nitrogen and oxygen atoms in total. The van der Waals surface area contributed by atoms with E-state index in [2.05, 4.69) is 5.32 Å². The summed E-state index contributed by atoms with van der Waals surface area (Å²) in [5.41, 5.74) is 0.637. The SMILES string of the molecule is CCN(CC)C(=O)N1CCC(C(=O)Nc2ccc(N3CCCC3=O)c(F)c2)CC1. The second-order valence-corrected chi connectivity index (χ2v) is 7.52. The molecule has 2 heterocycles. The second kappa shape index (κ2) is 9.24. The lowest BCUT2D eigenvalue weighted by molar-refractivity contribution is -0.121.